The van der Waals surface area contributed by atoms with Gasteiger partial charge < -0.3 is 9.47 Å². The fourth-order valence-electron chi connectivity index (χ4n) is 3.37. The van der Waals surface area contributed by atoms with Crippen molar-refractivity contribution in [1.29, 1.82) is 0 Å². The second-order valence-electron chi connectivity index (χ2n) is 7.38. The van der Waals surface area contributed by atoms with E-state index in [9.17, 15) is 9.59 Å². The number of rotatable bonds is 8. The van der Waals surface area contributed by atoms with E-state index in [1.807, 2.05) is 43.3 Å². The van der Waals surface area contributed by atoms with Crippen LogP contribution in [0.25, 0.3) is 6.08 Å². The van der Waals surface area contributed by atoms with Gasteiger partial charge in [-0.1, -0.05) is 65.7 Å². The highest BCUT2D eigenvalue weighted by molar-refractivity contribution is 8.18. The fourth-order valence-corrected chi connectivity index (χ4v) is 4.72. The first-order valence-corrected chi connectivity index (χ1v) is 12.2. The molecular formula is C26H21Cl2NO4S. The Bertz CT molecular complexity index is 1230. The van der Waals surface area contributed by atoms with Gasteiger partial charge in [0.25, 0.3) is 11.1 Å². The lowest BCUT2D eigenvalue weighted by atomic mass is 10.1. The first-order valence-electron chi connectivity index (χ1n) is 10.6. The maximum Gasteiger partial charge on any atom is 0.293 e. The summed E-state index contributed by atoms with van der Waals surface area (Å²) in [5.74, 6) is 0.770. The van der Waals surface area contributed by atoms with Crippen LogP contribution >= 0.6 is 35.0 Å². The van der Waals surface area contributed by atoms with Crippen molar-refractivity contribution >= 4 is 52.2 Å². The van der Waals surface area contributed by atoms with Crippen molar-refractivity contribution in [1.82, 2.24) is 4.90 Å². The zero-order chi connectivity index (χ0) is 24.1. The van der Waals surface area contributed by atoms with E-state index in [1.54, 1.807) is 36.4 Å². The second kappa shape index (κ2) is 11.0. The third-order valence-electron chi connectivity index (χ3n) is 5.05. The van der Waals surface area contributed by atoms with E-state index < -0.39 is 5.91 Å². The zero-order valence-electron chi connectivity index (χ0n) is 18.3. The third-order valence-corrected chi connectivity index (χ3v) is 6.67. The zero-order valence-corrected chi connectivity index (χ0v) is 20.6. The van der Waals surface area contributed by atoms with Crippen LogP contribution < -0.4 is 9.47 Å². The number of carbonyl (C=O) groups excluding carboxylic acids is 2. The van der Waals surface area contributed by atoms with Crippen molar-refractivity contribution in [3.63, 3.8) is 0 Å². The Morgan fingerprint density at radius 1 is 0.912 bits per heavy atom. The van der Waals surface area contributed by atoms with E-state index in [4.69, 9.17) is 32.7 Å². The molecular weight excluding hydrogens is 493 g/mol. The number of thioether (sulfide) groups is 1. The Hall–Kier alpha value is -2.93. The van der Waals surface area contributed by atoms with Crippen LogP contribution in [0.4, 0.5) is 4.79 Å². The lowest BCUT2D eigenvalue weighted by Crippen LogP contribution is -2.27. The predicted octanol–water partition coefficient (Wildman–Crippen LogP) is 7.21. The molecule has 1 aliphatic rings. The molecule has 3 aromatic rings. The summed E-state index contributed by atoms with van der Waals surface area (Å²) in [5, 5.41) is 0.436. The lowest BCUT2D eigenvalue weighted by molar-refractivity contribution is -0.123. The molecule has 1 saturated heterocycles. The first-order chi connectivity index (χ1) is 16.5. The molecule has 174 valence electrons. The van der Waals surface area contributed by atoms with Crippen molar-refractivity contribution < 1.29 is 19.1 Å². The molecule has 0 N–H and O–H groups in total. The van der Waals surface area contributed by atoms with E-state index in [0.717, 1.165) is 27.8 Å². The smallest absolute Gasteiger partial charge is 0.293 e. The number of carbonyl (C=O) groups is 2. The molecule has 0 radical (unpaired) electrons. The van der Waals surface area contributed by atoms with Crippen LogP contribution in [0.1, 0.15) is 23.6 Å². The van der Waals surface area contributed by atoms with Gasteiger partial charge in [0.05, 0.1) is 18.1 Å². The van der Waals surface area contributed by atoms with Gasteiger partial charge in [-0.25, -0.2) is 0 Å². The van der Waals surface area contributed by atoms with Crippen LogP contribution in [-0.2, 0) is 17.9 Å². The molecule has 0 aromatic heterocycles. The summed E-state index contributed by atoms with van der Waals surface area (Å²) in [7, 11) is 0. The molecule has 5 nitrogen and oxygen atoms in total. The summed E-state index contributed by atoms with van der Waals surface area (Å²) in [6.45, 7) is 2.76. The molecule has 0 unspecified atom stereocenters. The highest BCUT2D eigenvalue weighted by Gasteiger charge is 2.35. The van der Waals surface area contributed by atoms with Crippen molar-refractivity contribution in [2.75, 3.05) is 6.61 Å². The van der Waals surface area contributed by atoms with Gasteiger partial charge >= 0.3 is 0 Å². The predicted molar refractivity (Wildman–Crippen MR) is 136 cm³/mol. The van der Waals surface area contributed by atoms with Gasteiger partial charge in [0.1, 0.15) is 6.61 Å². The number of benzene rings is 3. The van der Waals surface area contributed by atoms with Crippen molar-refractivity contribution in [2.24, 2.45) is 0 Å². The van der Waals surface area contributed by atoms with Gasteiger partial charge in [0.15, 0.2) is 11.5 Å². The quantitative estimate of drug-likeness (QED) is 0.298. The Balaban J connectivity index is 1.53. The molecule has 1 heterocycles. The summed E-state index contributed by atoms with van der Waals surface area (Å²) in [5.41, 5.74) is 2.30. The monoisotopic (exact) mass is 513 g/mol. The molecule has 0 atom stereocenters. The summed E-state index contributed by atoms with van der Waals surface area (Å²) in [6.07, 6.45) is 1.67. The summed E-state index contributed by atoms with van der Waals surface area (Å²) >= 11 is 13.3. The molecule has 3 aromatic carbocycles. The Labute approximate surface area is 212 Å². The minimum absolute atomic E-state index is 0.0109. The molecule has 8 heteroatoms. The summed E-state index contributed by atoms with van der Waals surface area (Å²) in [6, 6.07) is 20.3. The van der Waals surface area contributed by atoms with Gasteiger partial charge in [0.2, 0.25) is 0 Å². The topological polar surface area (TPSA) is 55.8 Å². The average molecular weight is 514 g/mol. The normalized spacial score (nSPS) is 14.7. The van der Waals surface area contributed by atoms with E-state index in [-0.39, 0.29) is 11.8 Å². The number of nitrogens with zero attached hydrogens (tertiary/aromatic N) is 1. The van der Waals surface area contributed by atoms with Crippen molar-refractivity contribution in [3.05, 3.63) is 98.4 Å². The standard InChI is InChI=1S/C26H21Cl2NO4S/c1-2-32-23-13-18(11-12-22(23)33-16-17-7-4-3-5-8-17)14-24-25(30)29(26(31)34-24)15-19-20(27)9-6-10-21(19)28/h3-14H,2,15-16H2,1H3/b24-14-. The van der Waals surface area contributed by atoms with Crippen LogP contribution in [0.3, 0.4) is 0 Å². The maximum absolute atomic E-state index is 13.0. The van der Waals surface area contributed by atoms with Crippen LogP contribution in [-0.4, -0.2) is 22.7 Å². The number of imide groups is 1. The number of halogens is 2. The van der Waals surface area contributed by atoms with Crippen LogP contribution in [0.2, 0.25) is 10.0 Å². The van der Waals surface area contributed by atoms with Gasteiger partial charge in [-0.15, -0.1) is 0 Å². The first kappa shape index (κ1) is 24.2. The Morgan fingerprint density at radius 3 is 2.35 bits per heavy atom. The molecule has 0 aliphatic carbocycles. The average Bonchev–Trinajstić information content (AvgIpc) is 3.09. The van der Waals surface area contributed by atoms with Gasteiger partial charge in [-0.2, -0.15) is 0 Å². The van der Waals surface area contributed by atoms with Crippen molar-refractivity contribution in [3.8, 4) is 11.5 Å². The van der Waals surface area contributed by atoms with Gasteiger partial charge in [-0.05, 0) is 60.2 Å². The molecule has 34 heavy (non-hydrogen) atoms. The summed E-state index contributed by atoms with van der Waals surface area (Å²) < 4.78 is 11.7. The molecule has 1 fully saturated rings. The number of hydrogen-bond acceptors (Lipinski definition) is 5. The van der Waals surface area contributed by atoms with E-state index in [0.29, 0.717) is 45.2 Å². The Kier molecular flexibility index (Phi) is 7.83. The van der Waals surface area contributed by atoms with Crippen LogP contribution in [0.5, 0.6) is 11.5 Å². The van der Waals surface area contributed by atoms with E-state index >= 15 is 0 Å². The minimum atomic E-state index is -0.395. The molecule has 4 rings (SSSR count). The second-order valence-corrected chi connectivity index (χ2v) is 9.19. The SMILES string of the molecule is CCOc1cc(/C=C2\SC(=O)N(Cc3c(Cl)cccc3Cl)C2=O)ccc1OCc1ccccc1. The largest absolute Gasteiger partial charge is 0.490 e. The fraction of sp³-hybridized carbons (Fsp3) is 0.154. The van der Waals surface area contributed by atoms with Gasteiger partial charge in [0, 0.05) is 15.6 Å². The molecule has 1 aliphatic heterocycles. The molecule has 2 amide bonds. The minimum Gasteiger partial charge on any atom is -0.490 e. The summed E-state index contributed by atoms with van der Waals surface area (Å²) in [4.78, 5) is 27.0. The number of hydrogen-bond donors (Lipinski definition) is 0. The Morgan fingerprint density at radius 2 is 1.65 bits per heavy atom. The van der Waals surface area contributed by atoms with Gasteiger partial charge in [-0.3, -0.25) is 14.5 Å². The molecule has 0 spiro atoms. The van der Waals surface area contributed by atoms with E-state index in [2.05, 4.69) is 0 Å². The van der Waals surface area contributed by atoms with E-state index in [1.165, 1.54) is 0 Å². The van der Waals surface area contributed by atoms with Crippen molar-refractivity contribution in [2.45, 2.75) is 20.1 Å². The highest BCUT2D eigenvalue weighted by Crippen LogP contribution is 2.37. The highest BCUT2D eigenvalue weighted by atomic mass is 35.5. The number of ether oxygens (including phenoxy) is 2. The van der Waals surface area contributed by atoms with Crippen LogP contribution in [0, 0.1) is 0 Å². The number of amides is 2. The molecule has 0 bridgehead atoms. The maximum atomic E-state index is 13.0. The third kappa shape index (κ3) is 5.58. The van der Waals surface area contributed by atoms with Crippen LogP contribution in [0.15, 0.2) is 71.6 Å². The lowest BCUT2D eigenvalue weighted by Gasteiger charge is -2.15. The molecule has 0 saturated carbocycles.